The number of aryl methyl sites for hydroxylation is 1. The predicted octanol–water partition coefficient (Wildman–Crippen LogP) is 2.94. The van der Waals surface area contributed by atoms with Crippen LogP contribution >= 0.6 is 0 Å². The highest BCUT2D eigenvalue weighted by Gasteiger charge is 2.05. The maximum Gasteiger partial charge on any atom is 0.224 e. The van der Waals surface area contributed by atoms with E-state index in [4.69, 9.17) is 0 Å². The van der Waals surface area contributed by atoms with Crippen LogP contribution in [0.5, 0.6) is 0 Å². The van der Waals surface area contributed by atoms with Gasteiger partial charge in [0, 0.05) is 23.6 Å². The molecule has 1 aromatic carbocycles. The van der Waals surface area contributed by atoms with Crippen LogP contribution in [0.15, 0.2) is 24.4 Å². The third-order valence-electron chi connectivity index (χ3n) is 3.17. The van der Waals surface area contributed by atoms with Crippen LogP contribution in [0, 0.1) is 6.92 Å². The predicted molar refractivity (Wildman–Crippen MR) is 74.7 cm³/mol. The highest BCUT2D eigenvalue weighted by Crippen LogP contribution is 2.19. The molecular weight excluding hydrogens is 224 g/mol. The first-order chi connectivity index (χ1) is 8.70. The minimum Gasteiger partial charge on any atom is -0.361 e. The Morgan fingerprint density at radius 1 is 1.39 bits per heavy atom. The van der Waals surface area contributed by atoms with Gasteiger partial charge in [-0.05, 0) is 36.6 Å². The number of H-pyrrole nitrogens is 1. The van der Waals surface area contributed by atoms with Crippen molar-refractivity contribution in [3.63, 3.8) is 0 Å². The topological polar surface area (TPSA) is 44.9 Å². The Morgan fingerprint density at radius 3 is 3.00 bits per heavy atom. The van der Waals surface area contributed by atoms with Crippen molar-refractivity contribution in [1.82, 2.24) is 10.3 Å². The Balaban J connectivity index is 2.02. The van der Waals surface area contributed by atoms with Crippen molar-refractivity contribution >= 4 is 16.8 Å². The SMILES string of the molecule is CCCCNC(=O)Cc1ccc2[nH]cc(C)c2c1. The van der Waals surface area contributed by atoms with Crippen LogP contribution in [0.3, 0.4) is 0 Å². The maximum absolute atomic E-state index is 11.7. The van der Waals surface area contributed by atoms with Crippen LogP contribution in [-0.4, -0.2) is 17.4 Å². The van der Waals surface area contributed by atoms with Crippen molar-refractivity contribution in [1.29, 1.82) is 0 Å². The standard InChI is InChI=1S/C15H20N2O/c1-3-4-7-16-15(18)9-12-5-6-14-13(8-12)11(2)10-17-14/h5-6,8,10,17H,3-4,7,9H2,1-2H3,(H,16,18). The molecule has 0 spiro atoms. The quantitative estimate of drug-likeness (QED) is 0.780. The maximum atomic E-state index is 11.7. The summed E-state index contributed by atoms with van der Waals surface area (Å²) >= 11 is 0. The third-order valence-corrected chi connectivity index (χ3v) is 3.17. The average molecular weight is 244 g/mol. The lowest BCUT2D eigenvalue weighted by atomic mass is 10.1. The molecule has 1 aromatic heterocycles. The molecule has 0 fully saturated rings. The molecule has 0 atom stereocenters. The lowest BCUT2D eigenvalue weighted by Crippen LogP contribution is -2.25. The molecule has 0 aliphatic carbocycles. The van der Waals surface area contributed by atoms with Gasteiger partial charge in [0.15, 0.2) is 0 Å². The molecule has 0 aliphatic heterocycles. The highest BCUT2D eigenvalue weighted by molar-refractivity contribution is 5.85. The first-order valence-electron chi connectivity index (χ1n) is 6.54. The molecule has 3 heteroatoms. The lowest BCUT2D eigenvalue weighted by molar-refractivity contribution is -0.120. The molecule has 0 saturated heterocycles. The van der Waals surface area contributed by atoms with E-state index in [-0.39, 0.29) is 5.91 Å². The lowest BCUT2D eigenvalue weighted by Gasteiger charge is -2.04. The fraction of sp³-hybridized carbons (Fsp3) is 0.400. The van der Waals surface area contributed by atoms with Crippen molar-refractivity contribution in [3.8, 4) is 0 Å². The van der Waals surface area contributed by atoms with Gasteiger partial charge in [0.2, 0.25) is 5.91 Å². The van der Waals surface area contributed by atoms with Crippen LogP contribution < -0.4 is 5.32 Å². The second-order valence-electron chi connectivity index (χ2n) is 4.73. The summed E-state index contributed by atoms with van der Waals surface area (Å²) in [7, 11) is 0. The summed E-state index contributed by atoms with van der Waals surface area (Å²) in [5.41, 5.74) is 3.42. The van der Waals surface area contributed by atoms with E-state index in [9.17, 15) is 4.79 Å². The summed E-state index contributed by atoms with van der Waals surface area (Å²) in [4.78, 5) is 14.9. The number of hydrogen-bond acceptors (Lipinski definition) is 1. The van der Waals surface area contributed by atoms with E-state index in [2.05, 4.69) is 30.2 Å². The van der Waals surface area contributed by atoms with E-state index in [1.807, 2.05) is 18.3 Å². The number of fused-ring (bicyclic) bond motifs is 1. The van der Waals surface area contributed by atoms with Gasteiger partial charge in [-0.15, -0.1) is 0 Å². The fourth-order valence-corrected chi connectivity index (χ4v) is 2.07. The Bertz CT molecular complexity index is 542. The Labute approximate surface area is 108 Å². The summed E-state index contributed by atoms with van der Waals surface area (Å²) in [6, 6.07) is 6.15. The normalized spacial score (nSPS) is 10.8. The van der Waals surface area contributed by atoms with E-state index in [1.165, 1.54) is 10.9 Å². The first-order valence-corrected chi connectivity index (χ1v) is 6.54. The van der Waals surface area contributed by atoms with Crippen LogP contribution in [-0.2, 0) is 11.2 Å². The van der Waals surface area contributed by atoms with Crippen LogP contribution in [0.25, 0.3) is 10.9 Å². The second-order valence-corrected chi connectivity index (χ2v) is 4.73. The van der Waals surface area contributed by atoms with Crippen LogP contribution in [0.4, 0.5) is 0 Å². The summed E-state index contributed by atoms with van der Waals surface area (Å²) < 4.78 is 0. The smallest absolute Gasteiger partial charge is 0.224 e. The third kappa shape index (κ3) is 2.92. The van der Waals surface area contributed by atoms with Gasteiger partial charge < -0.3 is 10.3 Å². The zero-order valence-corrected chi connectivity index (χ0v) is 11.0. The van der Waals surface area contributed by atoms with Gasteiger partial charge in [0.25, 0.3) is 0 Å². The zero-order chi connectivity index (χ0) is 13.0. The van der Waals surface area contributed by atoms with Crippen LogP contribution in [0.2, 0.25) is 0 Å². The van der Waals surface area contributed by atoms with Gasteiger partial charge in [0.05, 0.1) is 6.42 Å². The number of benzene rings is 1. The largest absolute Gasteiger partial charge is 0.361 e. The molecule has 0 bridgehead atoms. The number of rotatable bonds is 5. The summed E-state index contributed by atoms with van der Waals surface area (Å²) in [6.45, 7) is 4.97. The molecule has 2 aromatic rings. The molecule has 2 N–H and O–H groups in total. The molecule has 0 aliphatic rings. The second kappa shape index (κ2) is 5.71. The van der Waals surface area contributed by atoms with Crippen molar-refractivity contribution in [2.75, 3.05) is 6.54 Å². The molecule has 2 rings (SSSR count). The molecule has 0 radical (unpaired) electrons. The van der Waals surface area contributed by atoms with E-state index >= 15 is 0 Å². The summed E-state index contributed by atoms with van der Waals surface area (Å²) in [5, 5.41) is 4.14. The molecule has 0 saturated carbocycles. The minimum atomic E-state index is 0.107. The molecule has 96 valence electrons. The van der Waals surface area contributed by atoms with Gasteiger partial charge in [-0.2, -0.15) is 0 Å². The Morgan fingerprint density at radius 2 is 2.22 bits per heavy atom. The number of carbonyl (C=O) groups is 1. The fourth-order valence-electron chi connectivity index (χ4n) is 2.07. The number of nitrogens with one attached hydrogen (secondary N) is 2. The van der Waals surface area contributed by atoms with E-state index in [0.717, 1.165) is 30.5 Å². The first kappa shape index (κ1) is 12.7. The Hall–Kier alpha value is -1.77. The zero-order valence-electron chi connectivity index (χ0n) is 11.0. The van der Waals surface area contributed by atoms with Crippen molar-refractivity contribution < 1.29 is 4.79 Å². The molecule has 18 heavy (non-hydrogen) atoms. The van der Waals surface area contributed by atoms with Crippen molar-refractivity contribution in [3.05, 3.63) is 35.5 Å². The number of aromatic amines is 1. The number of amides is 1. The van der Waals surface area contributed by atoms with Gasteiger partial charge in [0.1, 0.15) is 0 Å². The summed E-state index contributed by atoms with van der Waals surface area (Å²) in [5.74, 6) is 0.107. The van der Waals surface area contributed by atoms with Crippen molar-refractivity contribution in [2.45, 2.75) is 33.1 Å². The van der Waals surface area contributed by atoms with Crippen molar-refractivity contribution in [2.24, 2.45) is 0 Å². The summed E-state index contributed by atoms with van der Waals surface area (Å²) in [6.07, 6.45) is 4.61. The molecular formula is C15H20N2O. The number of unbranched alkanes of at least 4 members (excludes halogenated alkanes) is 1. The van der Waals surface area contributed by atoms with Gasteiger partial charge >= 0.3 is 0 Å². The van der Waals surface area contributed by atoms with Gasteiger partial charge in [-0.1, -0.05) is 19.4 Å². The van der Waals surface area contributed by atoms with Gasteiger partial charge in [-0.25, -0.2) is 0 Å². The Kier molecular flexibility index (Phi) is 4.03. The molecule has 3 nitrogen and oxygen atoms in total. The average Bonchev–Trinajstić information content (AvgIpc) is 2.71. The molecule has 1 heterocycles. The number of hydrogen-bond donors (Lipinski definition) is 2. The number of carbonyl (C=O) groups excluding carboxylic acids is 1. The molecule has 1 amide bonds. The van der Waals surface area contributed by atoms with E-state index in [1.54, 1.807) is 0 Å². The van der Waals surface area contributed by atoms with Gasteiger partial charge in [-0.3, -0.25) is 4.79 Å². The minimum absolute atomic E-state index is 0.107. The van der Waals surface area contributed by atoms with E-state index < -0.39 is 0 Å². The number of aromatic nitrogens is 1. The highest BCUT2D eigenvalue weighted by atomic mass is 16.1. The van der Waals surface area contributed by atoms with Crippen LogP contribution in [0.1, 0.15) is 30.9 Å². The monoisotopic (exact) mass is 244 g/mol. The molecule has 0 unspecified atom stereocenters. The van der Waals surface area contributed by atoms with E-state index in [0.29, 0.717) is 6.42 Å².